The number of halogens is 2. The first kappa shape index (κ1) is 16.0. The summed E-state index contributed by atoms with van der Waals surface area (Å²) < 4.78 is 49.2. The van der Waals surface area contributed by atoms with Gasteiger partial charge in [0.2, 0.25) is 0 Å². The van der Waals surface area contributed by atoms with Gasteiger partial charge >= 0.3 is 0 Å². The summed E-state index contributed by atoms with van der Waals surface area (Å²) in [5, 5.41) is 2.99. The molecule has 0 aromatic heterocycles. The van der Waals surface area contributed by atoms with Crippen molar-refractivity contribution in [3.8, 4) is 0 Å². The van der Waals surface area contributed by atoms with E-state index in [2.05, 4.69) is 5.32 Å². The van der Waals surface area contributed by atoms with E-state index in [1.165, 1.54) is 0 Å². The molecule has 1 aromatic carbocycles. The van der Waals surface area contributed by atoms with Crippen LogP contribution < -0.4 is 5.32 Å². The Bertz CT molecular complexity index is 536. The van der Waals surface area contributed by atoms with Crippen LogP contribution in [0.3, 0.4) is 0 Å². The zero-order valence-corrected chi connectivity index (χ0v) is 12.3. The number of sulfone groups is 1. The van der Waals surface area contributed by atoms with Gasteiger partial charge < -0.3 is 5.32 Å². The summed E-state index contributed by atoms with van der Waals surface area (Å²) >= 11 is 0. The van der Waals surface area contributed by atoms with Gasteiger partial charge in [-0.15, -0.1) is 0 Å². The van der Waals surface area contributed by atoms with Gasteiger partial charge in [-0.2, -0.15) is 0 Å². The Hall–Kier alpha value is -1.01. The Balaban J connectivity index is 3.36. The van der Waals surface area contributed by atoms with Crippen molar-refractivity contribution < 1.29 is 17.2 Å². The van der Waals surface area contributed by atoms with Crippen molar-refractivity contribution >= 4 is 9.84 Å². The second kappa shape index (κ2) is 5.54. The molecule has 0 bridgehead atoms. The molecule has 0 heterocycles. The summed E-state index contributed by atoms with van der Waals surface area (Å²) in [5.74, 6) is -1.44. The fourth-order valence-electron chi connectivity index (χ4n) is 1.93. The van der Waals surface area contributed by atoms with Crippen LogP contribution in [0.1, 0.15) is 32.4 Å². The van der Waals surface area contributed by atoms with Crippen molar-refractivity contribution in [2.24, 2.45) is 0 Å². The van der Waals surface area contributed by atoms with Gasteiger partial charge in [-0.05, 0) is 38.1 Å². The fraction of sp³-hybridized carbons (Fsp3) is 0.538. The van der Waals surface area contributed by atoms with Crippen molar-refractivity contribution in [3.63, 3.8) is 0 Å². The van der Waals surface area contributed by atoms with E-state index in [0.29, 0.717) is 6.54 Å². The van der Waals surface area contributed by atoms with E-state index < -0.39 is 32.3 Å². The zero-order valence-electron chi connectivity index (χ0n) is 11.5. The summed E-state index contributed by atoms with van der Waals surface area (Å²) in [6.07, 6.45) is 1.12. The summed E-state index contributed by atoms with van der Waals surface area (Å²) in [4.78, 5) is 0. The molecule has 0 saturated carbocycles. The first-order chi connectivity index (χ1) is 8.59. The maximum atomic E-state index is 13.3. The highest BCUT2D eigenvalue weighted by atomic mass is 32.2. The largest absolute Gasteiger partial charge is 0.309 e. The smallest absolute Gasteiger partial charge is 0.154 e. The Morgan fingerprint density at radius 2 is 1.68 bits per heavy atom. The molecule has 108 valence electrons. The molecule has 0 spiro atoms. The first-order valence-electron chi connectivity index (χ1n) is 5.98. The molecule has 1 unspecified atom stereocenters. The Labute approximate surface area is 112 Å². The van der Waals surface area contributed by atoms with Crippen molar-refractivity contribution in [1.82, 2.24) is 5.32 Å². The van der Waals surface area contributed by atoms with Gasteiger partial charge in [0.25, 0.3) is 0 Å². The number of rotatable bonds is 5. The number of benzene rings is 1. The first-order valence-corrected chi connectivity index (χ1v) is 7.87. The Morgan fingerprint density at radius 1 is 1.21 bits per heavy atom. The lowest BCUT2D eigenvalue weighted by Crippen LogP contribution is -2.45. The average Bonchev–Trinajstić information content (AvgIpc) is 2.22. The molecular weight excluding hydrogens is 272 g/mol. The van der Waals surface area contributed by atoms with Gasteiger partial charge in [0, 0.05) is 12.3 Å². The SMILES string of the molecule is CCNC(c1cc(F)cc(F)c1)C(C)(C)S(C)(=O)=O. The molecule has 6 heteroatoms. The molecule has 0 aliphatic carbocycles. The maximum Gasteiger partial charge on any atom is 0.154 e. The highest BCUT2D eigenvalue weighted by molar-refractivity contribution is 7.92. The molecule has 1 atom stereocenters. The molecule has 0 aliphatic rings. The standard InChI is InChI=1S/C13H19F2NO2S/c1-5-16-12(13(2,3)19(4,17)18)9-6-10(14)8-11(15)7-9/h6-8,12,16H,5H2,1-4H3. The van der Waals surface area contributed by atoms with E-state index in [1.807, 2.05) is 0 Å². The predicted molar refractivity (Wildman–Crippen MR) is 71.7 cm³/mol. The van der Waals surface area contributed by atoms with Crippen molar-refractivity contribution in [1.29, 1.82) is 0 Å². The molecule has 3 nitrogen and oxygen atoms in total. The second-order valence-corrected chi connectivity index (χ2v) is 7.67. The van der Waals surface area contributed by atoms with Crippen molar-refractivity contribution in [2.75, 3.05) is 12.8 Å². The highest BCUT2D eigenvalue weighted by Gasteiger charge is 2.39. The van der Waals surface area contributed by atoms with Crippen LogP contribution in [0.25, 0.3) is 0 Å². The molecule has 0 fully saturated rings. The van der Waals surface area contributed by atoms with E-state index in [1.54, 1.807) is 20.8 Å². The zero-order chi connectivity index (χ0) is 14.8. The van der Waals surface area contributed by atoms with Gasteiger partial charge in [-0.3, -0.25) is 0 Å². The molecule has 0 aliphatic heterocycles. The third kappa shape index (κ3) is 3.51. The van der Waals surface area contributed by atoms with E-state index in [-0.39, 0.29) is 5.56 Å². The molecule has 1 aromatic rings. The minimum Gasteiger partial charge on any atom is -0.309 e. The third-order valence-electron chi connectivity index (χ3n) is 3.28. The highest BCUT2D eigenvalue weighted by Crippen LogP contribution is 2.32. The molecule has 0 radical (unpaired) electrons. The van der Waals surface area contributed by atoms with Crippen LogP contribution in [0.2, 0.25) is 0 Å². The quantitative estimate of drug-likeness (QED) is 0.906. The number of hydrogen-bond acceptors (Lipinski definition) is 3. The van der Waals surface area contributed by atoms with Crippen LogP contribution in [0.5, 0.6) is 0 Å². The van der Waals surface area contributed by atoms with Gasteiger partial charge in [-0.1, -0.05) is 6.92 Å². The molecule has 0 amide bonds. The summed E-state index contributed by atoms with van der Waals surface area (Å²) in [6.45, 7) is 5.37. The van der Waals surface area contributed by atoms with Gasteiger partial charge in [0.05, 0.1) is 10.8 Å². The van der Waals surface area contributed by atoms with Crippen LogP contribution in [-0.4, -0.2) is 26.0 Å². The van der Waals surface area contributed by atoms with Crippen LogP contribution in [0, 0.1) is 11.6 Å². The van der Waals surface area contributed by atoms with Crippen LogP contribution in [0.15, 0.2) is 18.2 Å². The van der Waals surface area contributed by atoms with Crippen molar-refractivity contribution in [2.45, 2.75) is 31.6 Å². The van der Waals surface area contributed by atoms with Crippen molar-refractivity contribution in [3.05, 3.63) is 35.4 Å². The van der Waals surface area contributed by atoms with E-state index in [0.717, 1.165) is 24.5 Å². The number of hydrogen-bond donors (Lipinski definition) is 1. The lowest BCUT2D eigenvalue weighted by Gasteiger charge is -2.33. The van der Waals surface area contributed by atoms with Crippen LogP contribution in [0.4, 0.5) is 8.78 Å². The molecule has 19 heavy (non-hydrogen) atoms. The second-order valence-electron chi connectivity index (χ2n) is 5.07. The lowest BCUT2D eigenvalue weighted by molar-refractivity contribution is 0.424. The third-order valence-corrected chi connectivity index (χ3v) is 5.42. The van der Waals surface area contributed by atoms with E-state index in [4.69, 9.17) is 0 Å². The maximum absolute atomic E-state index is 13.3. The summed E-state index contributed by atoms with van der Waals surface area (Å²) in [6, 6.07) is 2.39. The van der Waals surface area contributed by atoms with Crippen LogP contribution in [-0.2, 0) is 9.84 Å². The van der Waals surface area contributed by atoms with E-state index in [9.17, 15) is 17.2 Å². The molecular formula is C13H19F2NO2S. The molecule has 0 saturated heterocycles. The Morgan fingerprint density at radius 3 is 2.05 bits per heavy atom. The van der Waals surface area contributed by atoms with Gasteiger partial charge in [0.1, 0.15) is 11.6 Å². The normalized spacial score (nSPS) is 14.4. The molecule has 1 N–H and O–H groups in total. The average molecular weight is 291 g/mol. The predicted octanol–water partition coefficient (Wildman–Crippen LogP) is 2.44. The number of nitrogens with one attached hydrogen (secondary N) is 1. The minimum absolute atomic E-state index is 0.287. The minimum atomic E-state index is -3.41. The summed E-state index contributed by atoms with van der Waals surface area (Å²) in [7, 11) is -3.41. The fourth-order valence-corrected chi connectivity index (χ4v) is 2.57. The van der Waals surface area contributed by atoms with Gasteiger partial charge in [0.15, 0.2) is 9.84 Å². The molecule has 1 rings (SSSR count). The van der Waals surface area contributed by atoms with Gasteiger partial charge in [-0.25, -0.2) is 17.2 Å². The lowest BCUT2D eigenvalue weighted by atomic mass is 9.95. The monoisotopic (exact) mass is 291 g/mol. The topological polar surface area (TPSA) is 46.2 Å². The Kier molecular flexibility index (Phi) is 4.68. The van der Waals surface area contributed by atoms with E-state index >= 15 is 0 Å². The summed E-state index contributed by atoms with van der Waals surface area (Å²) in [5.41, 5.74) is 0.287. The van der Waals surface area contributed by atoms with Crippen LogP contribution >= 0.6 is 0 Å².